The van der Waals surface area contributed by atoms with Gasteiger partial charge in [-0.05, 0) is 32.4 Å². The van der Waals surface area contributed by atoms with E-state index in [1.54, 1.807) is 18.2 Å². The number of amides is 2. The van der Waals surface area contributed by atoms with Gasteiger partial charge in [0.05, 0.1) is 5.69 Å². The van der Waals surface area contributed by atoms with E-state index in [1.165, 1.54) is 6.07 Å². The van der Waals surface area contributed by atoms with Crippen molar-refractivity contribution in [3.05, 3.63) is 24.3 Å². The Morgan fingerprint density at radius 3 is 2.41 bits per heavy atom. The van der Waals surface area contributed by atoms with E-state index in [0.29, 0.717) is 28.8 Å². The highest BCUT2D eigenvalue weighted by Crippen LogP contribution is 2.31. The number of alkyl halides is 2. The molecule has 0 fully saturated rings. The molecule has 2 amide bonds. The van der Waals surface area contributed by atoms with Gasteiger partial charge < -0.3 is 10.6 Å². The lowest BCUT2D eigenvalue weighted by atomic mass is 10.2. The molecule has 0 atom stereocenters. The number of carbonyl (C=O) groups is 2. The lowest BCUT2D eigenvalue weighted by Crippen LogP contribution is -2.30. The first-order valence-corrected chi connectivity index (χ1v) is 7.89. The number of anilines is 1. The lowest BCUT2D eigenvalue weighted by molar-refractivity contribution is -0.121. The molecule has 1 aromatic carbocycles. The molecule has 1 rings (SSSR count). The molecule has 0 radical (unpaired) electrons. The first kappa shape index (κ1) is 18.4. The summed E-state index contributed by atoms with van der Waals surface area (Å²) in [5.74, 6) is -2.94. The van der Waals surface area contributed by atoms with Crippen LogP contribution in [0, 0.1) is 0 Å². The van der Waals surface area contributed by atoms with Gasteiger partial charge in [-0.15, -0.1) is 0 Å². The van der Waals surface area contributed by atoms with E-state index in [2.05, 4.69) is 10.6 Å². The van der Waals surface area contributed by atoms with Gasteiger partial charge in [0.25, 0.3) is 5.76 Å². The molecule has 0 aliphatic heterocycles. The number of para-hydroxylation sites is 1. The highest BCUT2D eigenvalue weighted by molar-refractivity contribution is 7.99. The second-order valence-corrected chi connectivity index (χ2v) is 6.03. The predicted octanol–water partition coefficient (Wildman–Crippen LogP) is 3.63. The molecule has 0 saturated carbocycles. The van der Waals surface area contributed by atoms with E-state index in [9.17, 15) is 18.4 Å². The Morgan fingerprint density at radius 2 is 1.77 bits per heavy atom. The minimum absolute atomic E-state index is 0.0691. The van der Waals surface area contributed by atoms with Gasteiger partial charge in [0, 0.05) is 23.8 Å². The van der Waals surface area contributed by atoms with Crippen molar-refractivity contribution in [3.63, 3.8) is 0 Å². The first-order valence-electron chi connectivity index (χ1n) is 7.01. The molecular formula is C15H20F2N2O2S. The van der Waals surface area contributed by atoms with Gasteiger partial charge in [0.15, 0.2) is 0 Å². The Labute approximate surface area is 133 Å². The van der Waals surface area contributed by atoms with Crippen molar-refractivity contribution in [1.29, 1.82) is 0 Å². The largest absolute Gasteiger partial charge is 0.354 e. The maximum absolute atomic E-state index is 12.4. The van der Waals surface area contributed by atoms with Crippen LogP contribution in [-0.2, 0) is 9.59 Å². The van der Waals surface area contributed by atoms with Crippen LogP contribution in [-0.4, -0.2) is 23.6 Å². The number of halogens is 2. The van der Waals surface area contributed by atoms with Crippen LogP contribution in [0.15, 0.2) is 29.2 Å². The van der Waals surface area contributed by atoms with Crippen molar-refractivity contribution in [3.8, 4) is 0 Å². The molecule has 1 aromatic rings. The van der Waals surface area contributed by atoms with E-state index >= 15 is 0 Å². The number of hydrogen-bond acceptors (Lipinski definition) is 3. The fourth-order valence-electron chi connectivity index (χ4n) is 1.79. The van der Waals surface area contributed by atoms with Crippen LogP contribution in [0.2, 0.25) is 0 Å². The van der Waals surface area contributed by atoms with Crippen molar-refractivity contribution < 1.29 is 18.4 Å². The third-order valence-corrected chi connectivity index (χ3v) is 3.42. The fourth-order valence-corrected chi connectivity index (χ4v) is 2.38. The zero-order chi connectivity index (χ0) is 16.5. The molecule has 0 aliphatic carbocycles. The van der Waals surface area contributed by atoms with Gasteiger partial charge in [-0.1, -0.05) is 23.9 Å². The van der Waals surface area contributed by atoms with Crippen LogP contribution in [0.1, 0.15) is 33.1 Å². The smallest absolute Gasteiger partial charge is 0.288 e. The van der Waals surface area contributed by atoms with Gasteiger partial charge in [-0.25, -0.2) is 0 Å². The molecule has 22 heavy (non-hydrogen) atoms. The third kappa shape index (κ3) is 7.40. The topological polar surface area (TPSA) is 58.2 Å². The van der Waals surface area contributed by atoms with Crippen LogP contribution in [0.4, 0.5) is 14.5 Å². The molecule has 0 bridgehead atoms. The van der Waals surface area contributed by atoms with Crippen molar-refractivity contribution in [2.24, 2.45) is 0 Å². The zero-order valence-corrected chi connectivity index (χ0v) is 13.4. The summed E-state index contributed by atoms with van der Waals surface area (Å²) in [4.78, 5) is 23.6. The second kappa shape index (κ2) is 9.40. The monoisotopic (exact) mass is 330 g/mol. The Bertz CT molecular complexity index is 510. The molecular weight excluding hydrogens is 310 g/mol. The van der Waals surface area contributed by atoms with Gasteiger partial charge >= 0.3 is 0 Å². The van der Waals surface area contributed by atoms with Crippen LogP contribution in [0.3, 0.4) is 0 Å². The summed E-state index contributed by atoms with van der Waals surface area (Å²) in [6, 6.07) is 6.48. The number of nitrogens with one attached hydrogen (secondary N) is 2. The fraction of sp³-hybridized carbons (Fsp3) is 0.467. The standard InChI is InChI=1S/C15H20F2N2O2S/c1-10(2)18-13(20)8-5-9-14(21)19-11-6-3-4-7-12(11)22-15(16)17/h3-4,6-7,10,15H,5,8-9H2,1-2H3,(H,18,20)(H,19,21). The molecule has 7 heteroatoms. The predicted molar refractivity (Wildman–Crippen MR) is 84.1 cm³/mol. The molecule has 4 nitrogen and oxygen atoms in total. The summed E-state index contributed by atoms with van der Waals surface area (Å²) in [5.41, 5.74) is 0.365. The molecule has 122 valence electrons. The minimum Gasteiger partial charge on any atom is -0.354 e. The van der Waals surface area contributed by atoms with E-state index in [1.807, 2.05) is 13.8 Å². The molecule has 0 heterocycles. The van der Waals surface area contributed by atoms with Gasteiger partial charge in [0.2, 0.25) is 11.8 Å². The zero-order valence-electron chi connectivity index (χ0n) is 12.6. The average Bonchev–Trinajstić information content (AvgIpc) is 2.39. The Hall–Kier alpha value is -1.63. The summed E-state index contributed by atoms with van der Waals surface area (Å²) in [7, 11) is 0. The number of hydrogen-bond donors (Lipinski definition) is 2. The van der Waals surface area contributed by atoms with Crippen LogP contribution in [0.25, 0.3) is 0 Å². The summed E-state index contributed by atoms with van der Waals surface area (Å²) in [5, 5.41) is 5.35. The normalized spacial score (nSPS) is 10.8. The first-order chi connectivity index (χ1) is 10.4. The van der Waals surface area contributed by atoms with Crippen LogP contribution in [0.5, 0.6) is 0 Å². The number of rotatable bonds is 8. The summed E-state index contributed by atoms with van der Waals surface area (Å²) >= 11 is 0.390. The molecule has 2 N–H and O–H groups in total. The Kier molecular flexibility index (Phi) is 7.87. The summed E-state index contributed by atoms with van der Waals surface area (Å²) < 4.78 is 24.9. The maximum Gasteiger partial charge on any atom is 0.288 e. The molecule has 0 saturated heterocycles. The van der Waals surface area contributed by atoms with Crippen LogP contribution >= 0.6 is 11.8 Å². The highest BCUT2D eigenvalue weighted by atomic mass is 32.2. The highest BCUT2D eigenvalue weighted by Gasteiger charge is 2.12. The second-order valence-electron chi connectivity index (χ2n) is 5.00. The third-order valence-electron chi connectivity index (χ3n) is 2.63. The Morgan fingerprint density at radius 1 is 1.14 bits per heavy atom. The van der Waals surface area contributed by atoms with Crippen molar-refractivity contribution in [2.45, 2.75) is 49.8 Å². The number of benzene rings is 1. The summed E-state index contributed by atoms with van der Waals surface area (Å²) in [6.07, 6.45) is 0.840. The van der Waals surface area contributed by atoms with E-state index in [4.69, 9.17) is 0 Å². The molecule has 0 aromatic heterocycles. The van der Waals surface area contributed by atoms with Crippen LogP contribution < -0.4 is 10.6 Å². The average molecular weight is 330 g/mol. The molecule has 0 unspecified atom stereocenters. The van der Waals surface area contributed by atoms with E-state index < -0.39 is 5.76 Å². The molecule has 0 spiro atoms. The van der Waals surface area contributed by atoms with Crippen molar-refractivity contribution in [2.75, 3.05) is 5.32 Å². The van der Waals surface area contributed by atoms with Gasteiger partial charge in [-0.3, -0.25) is 9.59 Å². The maximum atomic E-state index is 12.4. The minimum atomic E-state index is -2.54. The van der Waals surface area contributed by atoms with Gasteiger partial charge in [0.1, 0.15) is 0 Å². The summed E-state index contributed by atoms with van der Waals surface area (Å²) in [6.45, 7) is 3.73. The quantitative estimate of drug-likeness (QED) is 0.716. The Balaban J connectivity index is 2.44. The number of thioether (sulfide) groups is 1. The SMILES string of the molecule is CC(C)NC(=O)CCCC(=O)Nc1ccccc1SC(F)F. The van der Waals surface area contributed by atoms with Gasteiger partial charge in [-0.2, -0.15) is 8.78 Å². The van der Waals surface area contributed by atoms with Crippen molar-refractivity contribution in [1.82, 2.24) is 5.32 Å². The lowest BCUT2D eigenvalue weighted by Gasteiger charge is -2.11. The van der Waals surface area contributed by atoms with E-state index in [0.717, 1.165) is 0 Å². The number of carbonyl (C=O) groups excluding carboxylic acids is 2. The van der Waals surface area contributed by atoms with Crippen molar-refractivity contribution >= 4 is 29.3 Å². The van der Waals surface area contributed by atoms with E-state index in [-0.39, 0.29) is 30.7 Å². The molecule has 0 aliphatic rings.